The fraction of sp³-hybridized carbons (Fsp3) is 0.611. The fourth-order valence-electron chi connectivity index (χ4n) is 3.13. The van der Waals surface area contributed by atoms with Gasteiger partial charge in [-0.05, 0) is 25.5 Å². The van der Waals surface area contributed by atoms with E-state index in [2.05, 4.69) is 47.5 Å². The van der Waals surface area contributed by atoms with Crippen molar-refractivity contribution in [3.8, 4) is 0 Å². The molecule has 1 saturated heterocycles. The third kappa shape index (κ3) is 4.66. The molecule has 0 unspecified atom stereocenters. The van der Waals surface area contributed by atoms with Gasteiger partial charge in [-0.1, -0.05) is 6.92 Å². The van der Waals surface area contributed by atoms with Crippen LogP contribution in [0, 0.1) is 6.92 Å². The highest BCUT2D eigenvalue weighted by atomic mass is 32.1. The van der Waals surface area contributed by atoms with E-state index in [9.17, 15) is 0 Å². The minimum atomic E-state index is 0.429. The predicted octanol–water partition coefficient (Wildman–Crippen LogP) is 2.83. The molecule has 24 heavy (non-hydrogen) atoms. The van der Waals surface area contributed by atoms with Crippen LogP contribution in [0.15, 0.2) is 24.5 Å². The Morgan fingerprint density at radius 2 is 2.17 bits per heavy atom. The van der Waals surface area contributed by atoms with E-state index in [0.29, 0.717) is 6.04 Å². The number of thiophene rings is 1. The van der Waals surface area contributed by atoms with E-state index in [-0.39, 0.29) is 0 Å². The summed E-state index contributed by atoms with van der Waals surface area (Å²) < 4.78 is 7.55. The second-order valence-corrected chi connectivity index (χ2v) is 7.67. The molecular formula is C18H28N4OS. The van der Waals surface area contributed by atoms with Gasteiger partial charge in [0.15, 0.2) is 0 Å². The van der Waals surface area contributed by atoms with E-state index in [1.54, 1.807) is 0 Å². The van der Waals surface area contributed by atoms with Gasteiger partial charge in [0.2, 0.25) is 0 Å². The summed E-state index contributed by atoms with van der Waals surface area (Å²) in [5.41, 5.74) is 1.26. The topological polar surface area (TPSA) is 42.3 Å². The summed E-state index contributed by atoms with van der Waals surface area (Å²) in [4.78, 5) is 5.37. The Balaban J connectivity index is 1.58. The molecule has 0 aliphatic carbocycles. The number of nitrogens with one attached hydrogen (secondary N) is 1. The van der Waals surface area contributed by atoms with Gasteiger partial charge >= 0.3 is 0 Å². The maximum absolute atomic E-state index is 5.52. The molecule has 0 spiro atoms. The van der Waals surface area contributed by atoms with E-state index in [1.165, 1.54) is 15.3 Å². The summed E-state index contributed by atoms with van der Waals surface area (Å²) >= 11 is 1.91. The van der Waals surface area contributed by atoms with E-state index < -0.39 is 0 Å². The number of ether oxygens (including phenoxy) is 1. The molecule has 3 heterocycles. The molecule has 5 nitrogen and oxygen atoms in total. The van der Waals surface area contributed by atoms with Crippen LogP contribution < -0.4 is 5.32 Å². The quantitative estimate of drug-likeness (QED) is 0.797. The molecule has 1 N–H and O–H groups in total. The van der Waals surface area contributed by atoms with E-state index in [4.69, 9.17) is 4.74 Å². The standard InChI is InChI=1S/C18H28N4OS/c1-3-6-22-14-16(12-20-22)11-19-13-17(18-5-4-15(2)24-18)21-7-9-23-10-8-21/h4-5,12,14,17,19H,3,6-11,13H2,1-2H3/t17-/m0/s1. The van der Waals surface area contributed by atoms with Crippen molar-refractivity contribution < 1.29 is 4.74 Å². The molecule has 1 atom stereocenters. The average Bonchev–Trinajstić information content (AvgIpc) is 3.22. The lowest BCUT2D eigenvalue weighted by Gasteiger charge is -2.34. The highest BCUT2D eigenvalue weighted by Gasteiger charge is 2.23. The summed E-state index contributed by atoms with van der Waals surface area (Å²) in [6.45, 7) is 10.9. The molecule has 0 aromatic carbocycles. The fourth-order valence-corrected chi connectivity index (χ4v) is 4.15. The normalized spacial score (nSPS) is 17.2. The number of morpholine rings is 1. The molecule has 132 valence electrons. The smallest absolute Gasteiger partial charge is 0.0594 e. The van der Waals surface area contributed by atoms with Gasteiger partial charge in [-0.3, -0.25) is 9.58 Å². The first-order chi connectivity index (χ1) is 11.8. The molecule has 3 rings (SSSR count). The van der Waals surface area contributed by atoms with Crippen LogP contribution >= 0.6 is 11.3 Å². The minimum absolute atomic E-state index is 0.429. The van der Waals surface area contributed by atoms with Crippen LogP contribution in [0.5, 0.6) is 0 Å². The van der Waals surface area contributed by atoms with Gasteiger partial charge in [-0.25, -0.2) is 0 Å². The maximum atomic E-state index is 5.52. The Hall–Kier alpha value is -1.21. The first-order valence-corrected chi connectivity index (χ1v) is 9.68. The van der Waals surface area contributed by atoms with Crippen molar-refractivity contribution in [1.82, 2.24) is 20.0 Å². The zero-order chi connectivity index (χ0) is 16.8. The molecule has 1 aliphatic rings. The summed E-state index contributed by atoms with van der Waals surface area (Å²) in [6, 6.07) is 4.93. The van der Waals surface area contributed by atoms with Gasteiger partial charge in [0.25, 0.3) is 0 Å². The lowest BCUT2D eigenvalue weighted by Crippen LogP contribution is -2.42. The SMILES string of the molecule is CCCn1cc(CNC[C@@H](c2ccc(C)s2)N2CCOCC2)cn1. The second-order valence-electron chi connectivity index (χ2n) is 6.36. The van der Waals surface area contributed by atoms with Crippen molar-refractivity contribution >= 4 is 11.3 Å². The predicted molar refractivity (Wildman–Crippen MR) is 98.4 cm³/mol. The van der Waals surface area contributed by atoms with E-state index in [1.807, 2.05) is 22.2 Å². The lowest BCUT2D eigenvalue weighted by atomic mass is 10.2. The molecule has 0 bridgehead atoms. The van der Waals surface area contributed by atoms with Crippen molar-refractivity contribution in [3.63, 3.8) is 0 Å². The van der Waals surface area contributed by atoms with Gasteiger partial charge in [0, 0.05) is 54.2 Å². The number of hydrogen-bond acceptors (Lipinski definition) is 5. The Morgan fingerprint density at radius 1 is 1.33 bits per heavy atom. The zero-order valence-corrected chi connectivity index (χ0v) is 15.5. The van der Waals surface area contributed by atoms with Gasteiger partial charge in [0.05, 0.1) is 25.5 Å². The third-order valence-electron chi connectivity index (χ3n) is 4.38. The van der Waals surface area contributed by atoms with Gasteiger partial charge in [0.1, 0.15) is 0 Å². The van der Waals surface area contributed by atoms with Crippen molar-refractivity contribution in [1.29, 1.82) is 0 Å². The molecule has 0 radical (unpaired) electrons. The van der Waals surface area contributed by atoms with Crippen molar-refractivity contribution in [3.05, 3.63) is 39.8 Å². The molecule has 1 aliphatic heterocycles. The van der Waals surface area contributed by atoms with E-state index >= 15 is 0 Å². The summed E-state index contributed by atoms with van der Waals surface area (Å²) in [7, 11) is 0. The van der Waals surface area contributed by atoms with Crippen LogP contribution in [0.25, 0.3) is 0 Å². The van der Waals surface area contributed by atoms with E-state index in [0.717, 1.165) is 52.4 Å². The Bertz CT molecular complexity index is 618. The van der Waals surface area contributed by atoms with Gasteiger partial charge in [-0.15, -0.1) is 11.3 Å². The summed E-state index contributed by atoms with van der Waals surface area (Å²) in [5.74, 6) is 0. The second kappa shape index (κ2) is 8.76. The van der Waals surface area contributed by atoms with Crippen LogP contribution in [0.3, 0.4) is 0 Å². The lowest BCUT2D eigenvalue weighted by molar-refractivity contribution is 0.0168. The largest absolute Gasteiger partial charge is 0.379 e. The first-order valence-electron chi connectivity index (χ1n) is 8.86. The van der Waals surface area contributed by atoms with Gasteiger partial charge < -0.3 is 10.1 Å². The highest BCUT2D eigenvalue weighted by Crippen LogP contribution is 2.27. The highest BCUT2D eigenvalue weighted by molar-refractivity contribution is 7.12. The average molecular weight is 349 g/mol. The molecule has 6 heteroatoms. The summed E-state index contributed by atoms with van der Waals surface area (Å²) in [5, 5.41) is 8.04. The Morgan fingerprint density at radius 3 is 2.88 bits per heavy atom. The van der Waals surface area contributed by atoms with Crippen molar-refractivity contribution in [2.24, 2.45) is 0 Å². The van der Waals surface area contributed by atoms with Crippen LogP contribution in [0.4, 0.5) is 0 Å². The number of hydrogen-bond donors (Lipinski definition) is 1. The van der Waals surface area contributed by atoms with Crippen LogP contribution in [0.2, 0.25) is 0 Å². The minimum Gasteiger partial charge on any atom is -0.379 e. The monoisotopic (exact) mass is 348 g/mol. The Kier molecular flexibility index (Phi) is 6.43. The molecule has 2 aromatic heterocycles. The molecule has 0 saturated carbocycles. The van der Waals surface area contributed by atoms with Crippen LogP contribution in [-0.2, 0) is 17.8 Å². The van der Waals surface area contributed by atoms with Crippen LogP contribution in [-0.4, -0.2) is 47.5 Å². The molecule has 1 fully saturated rings. The van der Waals surface area contributed by atoms with Gasteiger partial charge in [-0.2, -0.15) is 5.10 Å². The molecule has 0 amide bonds. The number of nitrogens with zero attached hydrogens (tertiary/aromatic N) is 3. The zero-order valence-electron chi connectivity index (χ0n) is 14.7. The summed E-state index contributed by atoms with van der Waals surface area (Å²) in [6.07, 6.45) is 5.24. The first kappa shape index (κ1) is 17.6. The number of rotatable bonds is 8. The Labute approximate surface area is 148 Å². The maximum Gasteiger partial charge on any atom is 0.0594 e. The van der Waals surface area contributed by atoms with Crippen molar-refractivity contribution in [2.45, 2.75) is 39.4 Å². The third-order valence-corrected chi connectivity index (χ3v) is 5.48. The number of aromatic nitrogens is 2. The van der Waals surface area contributed by atoms with Crippen LogP contribution in [0.1, 0.15) is 34.7 Å². The molecule has 2 aromatic rings. The number of aryl methyl sites for hydroxylation is 2. The molecular weight excluding hydrogens is 320 g/mol. The van der Waals surface area contributed by atoms with Crippen molar-refractivity contribution in [2.75, 3.05) is 32.8 Å².